The summed E-state index contributed by atoms with van der Waals surface area (Å²) in [5, 5.41) is 0. The van der Waals surface area contributed by atoms with Gasteiger partial charge in [0.25, 0.3) is 0 Å². The van der Waals surface area contributed by atoms with Crippen LogP contribution in [-0.2, 0) is 13.6 Å². The molecule has 1 saturated heterocycles. The molecule has 4 heteroatoms. The van der Waals surface area contributed by atoms with E-state index in [-0.39, 0.29) is 11.5 Å². The van der Waals surface area contributed by atoms with Gasteiger partial charge in [0, 0.05) is 12.0 Å². The average molecular weight is 260 g/mol. The summed E-state index contributed by atoms with van der Waals surface area (Å²) >= 11 is 0. The minimum Gasteiger partial charge on any atom is -0.395 e. The Labute approximate surface area is 107 Å². The van der Waals surface area contributed by atoms with Crippen LogP contribution in [0.4, 0.5) is 0 Å². The van der Waals surface area contributed by atoms with Gasteiger partial charge in [0.15, 0.2) is 0 Å². The fourth-order valence-electron chi connectivity index (χ4n) is 2.51. The van der Waals surface area contributed by atoms with Crippen LogP contribution in [0, 0.1) is 5.41 Å². The minimum atomic E-state index is -1.98. The Balaban J connectivity index is 2.59. The van der Waals surface area contributed by atoms with Gasteiger partial charge in [0.1, 0.15) is 0 Å². The quantitative estimate of drug-likeness (QED) is 0.627. The largest absolute Gasteiger partial charge is 0.395 e. The molecular weight excluding hydrogens is 232 g/mol. The zero-order valence-corrected chi connectivity index (χ0v) is 13.0. The van der Waals surface area contributed by atoms with E-state index in [9.17, 15) is 0 Å². The number of hydrogen-bond donors (Lipinski definition) is 0. The maximum absolute atomic E-state index is 6.35. The standard InChI is InChI=1S/C13H28O3Si/c1-6-9-17(5,15-8-3)16-12(4)13(7-2)10-14-11-13/h12H,6-11H2,1-5H3. The fraction of sp³-hybridized carbons (Fsp3) is 1.00. The predicted molar refractivity (Wildman–Crippen MR) is 72.4 cm³/mol. The van der Waals surface area contributed by atoms with E-state index in [1.165, 1.54) is 0 Å². The molecule has 0 N–H and O–H groups in total. The molecule has 1 aliphatic heterocycles. The van der Waals surface area contributed by atoms with Gasteiger partial charge in [-0.25, -0.2) is 0 Å². The van der Waals surface area contributed by atoms with Crippen molar-refractivity contribution in [2.24, 2.45) is 5.41 Å². The van der Waals surface area contributed by atoms with Crippen LogP contribution < -0.4 is 0 Å². The van der Waals surface area contributed by atoms with Gasteiger partial charge in [-0.3, -0.25) is 0 Å². The van der Waals surface area contributed by atoms with Crippen molar-refractivity contribution in [1.29, 1.82) is 0 Å². The highest BCUT2D eigenvalue weighted by Crippen LogP contribution is 2.38. The Hall–Kier alpha value is 0.0969. The molecule has 0 aromatic heterocycles. The minimum absolute atomic E-state index is 0.235. The Morgan fingerprint density at radius 1 is 1.29 bits per heavy atom. The van der Waals surface area contributed by atoms with E-state index in [4.69, 9.17) is 13.6 Å². The molecule has 0 radical (unpaired) electrons. The Bertz CT molecular complexity index is 217. The maximum atomic E-state index is 6.35. The molecule has 0 spiro atoms. The summed E-state index contributed by atoms with van der Waals surface area (Å²) in [5.74, 6) is 0. The third-order valence-corrected chi connectivity index (χ3v) is 7.09. The number of rotatable bonds is 8. The van der Waals surface area contributed by atoms with E-state index >= 15 is 0 Å². The van der Waals surface area contributed by atoms with E-state index in [1.807, 2.05) is 0 Å². The highest BCUT2D eigenvalue weighted by atomic mass is 28.4. The summed E-state index contributed by atoms with van der Waals surface area (Å²) in [6, 6.07) is 1.08. The lowest BCUT2D eigenvalue weighted by molar-refractivity contribution is -0.166. The van der Waals surface area contributed by atoms with Gasteiger partial charge in [-0.05, 0) is 32.9 Å². The molecule has 102 valence electrons. The van der Waals surface area contributed by atoms with Crippen molar-refractivity contribution in [3.63, 3.8) is 0 Å². The van der Waals surface area contributed by atoms with Crippen molar-refractivity contribution >= 4 is 8.56 Å². The first kappa shape index (κ1) is 15.2. The molecule has 17 heavy (non-hydrogen) atoms. The number of hydrogen-bond acceptors (Lipinski definition) is 3. The molecule has 2 atom stereocenters. The monoisotopic (exact) mass is 260 g/mol. The second-order valence-corrected chi connectivity index (χ2v) is 8.58. The highest BCUT2D eigenvalue weighted by molar-refractivity contribution is 6.66. The van der Waals surface area contributed by atoms with Crippen molar-refractivity contribution < 1.29 is 13.6 Å². The van der Waals surface area contributed by atoms with Crippen molar-refractivity contribution in [2.75, 3.05) is 19.8 Å². The summed E-state index contributed by atoms with van der Waals surface area (Å²) in [4.78, 5) is 0. The molecule has 1 fully saturated rings. The smallest absolute Gasteiger partial charge is 0.335 e. The van der Waals surface area contributed by atoms with Crippen LogP contribution in [0.25, 0.3) is 0 Å². The van der Waals surface area contributed by atoms with E-state index in [0.29, 0.717) is 0 Å². The molecule has 0 aliphatic carbocycles. The SMILES string of the molecule is CCC[Si](C)(OCC)OC(C)C1(CC)COC1. The van der Waals surface area contributed by atoms with E-state index < -0.39 is 8.56 Å². The van der Waals surface area contributed by atoms with Gasteiger partial charge in [-0.1, -0.05) is 20.3 Å². The summed E-state index contributed by atoms with van der Waals surface area (Å²) in [6.45, 7) is 13.3. The molecule has 1 aliphatic rings. The van der Waals surface area contributed by atoms with Crippen molar-refractivity contribution in [1.82, 2.24) is 0 Å². The van der Waals surface area contributed by atoms with Gasteiger partial charge in [0.05, 0.1) is 19.3 Å². The normalized spacial score (nSPS) is 23.8. The van der Waals surface area contributed by atoms with Gasteiger partial charge in [-0.2, -0.15) is 0 Å². The van der Waals surface area contributed by atoms with Crippen molar-refractivity contribution in [3.8, 4) is 0 Å². The summed E-state index contributed by atoms with van der Waals surface area (Å²) in [5.41, 5.74) is 0.235. The topological polar surface area (TPSA) is 27.7 Å². The second-order valence-electron chi connectivity index (χ2n) is 5.29. The van der Waals surface area contributed by atoms with Crippen molar-refractivity contribution in [2.45, 2.75) is 59.2 Å². The zero-order valence-electron chi connectivity index (χ0n) is 12.0. The predicted octanol–water partition coefficient (Wildman–Crippen LogP) is 3.34. The molecular formula is C13H28O3Si. The molecule has 1 rings (SSSR count). The summed E-state index contributed by atoms with van der Waals surface area (Å²) < 4.78 is 17.7. The van der Waals surface area contributed by atoms with Crippen LogP contribution in [0.2, 0.25) is 12.6 Å². The molecule has 1 heterocycles. The van der Waals surface area contributed by atoms with E-state index in [2.05, 4.69) is 34.2 Å². The molecule has 0 aromatic rings. The zero-order chi connectivity index (χ0) is 12.9. The Kier molecular flexibility index (Phi) is 5.63. The molecule has 3 nitrogen and oxygen atoms in total. The average Bonchev–Trinajstić information content (AvgIpc) is 2.16. The lowest BCUT2D eigenvalue weighted by Gasteiger charge is -2.47. The Morgan fingerprint density at radius 3 is 2.29 bits per heavy atom. The van der Waals surface area contributed by atoms with E-state index in [0.717, 1.165) is 38.7 Å². The fourth-order valence-corrected chi connectivity index (χ4v) is 5.36. The lowest BCUT2D eigenvalue weighted by atomic mass is 9.78. The molecule has 0 amide bonds. The lowest BCUT2D eigenvalue weighted by Crippen LogP contribution is -2.55. The van der Waals surface area contributed by atoms with Gasteiger partial charge < -0.3 is 13.6 Å². The van der Waals surface area contributed by atoms with E-state index in [1.54, 1.807) is 0 Å². The molecule has 0 bridgehead atoms. The Morgan fingerprint density at radius 2 is 1.94 bits per heavy atom. The first-order chi connectivity index (χ1) is 8.02. The summed E-state index contributed by atoms with van der Waals surface area (Å²) in [7, 11) is -1.98. The molecule has 2 unspecified atom stereocenters. The highest BCUT2D eigenvalue weighted by Gasteiger charge is 2.46. The van der Waals surface area contributed by atoms with Crippen LogP contribution >= 0.6 is 0 Å². The first-order valence-corrected chi connectivity index (χ1v) is 9.44. The van der Waals surface area contributed by atoms with Crippen LogP contribution in [0.3, 0.4) is 0 Å². The van der Waals surface area contributed by atoms with Crippen LogP contribution in [0.1, 0.15) is 40.5 Å². The van der Waals surface area contributed by atoms with Gasteiger partial charge in [0.2, 0.25) is 0 Å². The van der Waals surface area contributed by atoms with Gasteiger partial charge >= 0.3 is 8.56 Å². The number of ether oxygens (including phenoxy) is 1. The third kappa shape index (κ3) is 3.53. The molecule has 0 aromatic carbocycles. The molecule has 0 saturated carbocycles. The van der Waals surface area contributed by atoms with Crippen LogP contribution in [0.5, 0.6) is 0 Å². The van der Waals surface area contributed by atoms with Gasteiger partial charge in [-0.15, -0.1) is 0 Å². The maximum Gasteiger partial charge on any atom is 0.335 e. The third-order valence-electron chi connectivity index (χ3n) is 3.93. The van der Waals surface area contributed by atoms with Crippen LogP contribution in [0.15, 0.2) is 0 Å². The van der Waals surface area contributed by atoms with Crippen LogP contribution in [-0.4, -0.2) is 34.5 Å². The van der Waals surface area contributed by atoms with Crippen molar-refractivity contribution in [3.05, 3.63) is 0 Å². The first-order valence-electron chi connectivity index (χ1n) is 6.91. The summed E-state index contributed by atoms with van der Waals surface area (Å²) in [6.07, 6.45) is 2.50. The second kappa shape index (κ2) is 6.32.